The fraction of sp³-hybridized carbons (Fsp3) is 0.444. The van der Waals surface area contributed by atoms with Gasteiger partial charge in [0.1, 0.15) is 0 Å². The van der Waals surface area contributed by atoms with Crippen molar-refractivity contribution in [3.63, 3.8) is 0 Å². The molecule has 2 aliphatic rings. The Bertz CT molecular complexity index is 702. The van der Waals surface area contributed by atoms with Crippen molar-refractivity contribution in [1.82, 2.24) is 10.3 Å². The van der Waals surface area contributed by atoms with Crippen LogP contribution in [0.15, 0.2) is 24.3 Å². The number of benzene rings is 1. The Hall–Kier alpha value is -1.90. The second-order valence-corrected chi connectivity index (χ2v) is 6.24. The highest BCUT2D eigenvalue weighted by Crippen LogP contribution is 2.30. The van der Waals surface area contributed by atoms with E-state index < -0.39 is 0 Å². The number of para-hydroxylation sites is 1. The summed E-state index contributed by atoms with van der Waals surface area (Å²) in [4.78, 5) is 17.6. The number of aromatic nitrogens is 1. The minimum absolute atomic E-state index is 0.110. The molecule has 108 valence electrons. The summed E-state index contributed by atoms with van der Waals surface area (Å²) in [5, 5.41) is 4.26. The Morgan fingerprint density at radius 1 is 1.10 bits per heavy atom. The third kappa shape index (κ3) is 2.21. The molecule has 0 bridgehead atoms. The quantitative estimate of drug-likeness (QED) is 0.916. The van der Waals surface area contributed by atoms with Gasteiger partial charge in [-0.1, -0.05) is 31.0 Å². The van der Waals surface area contributed by atoms with Gasteiger partial charge in [-0.25, -0.2) is 0 Å². The maximum absolute atomic E-state index is 12.8. The van der Waals surface area contributed by atoms with Gasteiger partial charge in [-0.2, -0.15) is 0 Å². The number of nitrogens with one attached hydrogen (secondary N) is 1. The van der Waals surface area contributed by atoms with Crippen molar-refractivity contribution in [3.8, 4) is 0 Å². The Balaban J connectivity index is 1.80. The molecule has 0 spiro atoms. The van der Waals surface area contributed by atoms with E-state index in [4.69, 9.17) is 4.98 Å². The second-order valence-electron chi connectivity index (χ2n) is 6.24. The summed E-state index contributed by atoms with van der Waals surface area (Å²) in [5.41, 5.74) is 4.16. The van der Waals surface area contributed by atoms with E-state index in [2.05, 4.69) is 5.32 Å². The van der Waals surface area contributed by atoms with E-state index in [9.17, 15) is 4.79 Å². The number of pyridine rings is 1. The lowest BCUT2D eigenvalue weighted by Gasteiger charge is -2.16. The first-order valence-electron chi connectivity index (χ1n) is 8.04. The normalized spacial score (nSPS) is 18.1. The Morgan fingerprint density at radius 3 is 2.76 bits per heavy atom. The summed E-state index contributed by atoms with van der Waals surface area (Å²) in [5.74, 6) is 0.110. The van der Waals surface area contributed by atoms with E-state index in [1.165, 1.54) is 18.4 Å². The van der Waals surface area contributed by atoms with Gasteiger partial charge in [0, 0.05) is 17.1 Å². The molecule has 3 nitrogen and oxygen atoms in total. The highest BCUT2D eigenvalue weighted by Gasteiger charge is 2.25. The lowest BCUT2D eigenvalue weighted by atomic mass is 10.00. The van der Waals surface area contributed by atoms with Gasteiger partial charge in [0.25, 0.3) is 5.91 Å². The highest BCUT2D eigenvalue weighted by atomic mass is 16.1. The number of fused-ring (bicyclic) bond motifs is 2. The van der Waals surface area contributed by atoms with E-state index in [0.717, 1.165) is 54.3 Å². The number of aryl methyl sites for hydroxylation is 1. The van der Waals surface area contributed by atoms with Crippen LogP contribution in [0.25, 0.3) is 10.9 Å². The maximum Gasteiger partial charge on any atom is 0.252 e. The van der Waals surface area contributed by atoms with Crippen LogP contribution in [0.3, 0.4) is 0 Å². The number of carbonyl (C=O) groups is 1. The van der Waals surface area contributed by atoms with Gasteiger partial charge in [-0.3, -0.25) is 9.78 Å². The molecule has 21 heavy (non-hydrogen) atoms. The first kappa shape index (κ1) is 12.8. The van der Waals surface area contributed by atoms with Gasteiger partial charge in [-0.05, 0) is 43.7 Å². The molecule has 1 aromatic heterocycles. The van der Waals surface area contributed by atoms with Crippen LogP contribution in [0.2, 0.25) is 0 Å². The van der Waals surface area contributed by atoms with E-state index in [-0.39, 0.29) is 5.91 Å². The summed E-state index contributed by atoms with van der Waals surface area (Å²) in [6.07, 6.45) is 7.82. The molecule has 0 unspecified atom stereocenters. The molecule has 2 aromatic rings. The molecule has 1 N–H and O–H groups in total. The van der Waals surface area contributed by atoms with E-state index in [0.29, 0.717) is 6.04 Å². The summed E-state index contributed by atoms with van der Waals surface area (Å²) in [6, 6.07) is 8.40. The fourth-order valence-corrected chi connectivity index (χ4v) is 3.80. The van der Waals surface area contributed by atoms with Crippen molar-refractivity contribution in [2.24, 2.45) is 0 Å². The molecule has 2 aliphatic carbocycles. The molecule has 0 saturated heterocycles. The summed E-state index contributed by atoms with van der Waals surface area (Å²) in [7, 11) is 0. The van der Waals surface area contributed by atoms with Crippen LogP contribution >= 0.6 is 0 Å². The third-order valence-corrected chi connectivity index (χ3v) is 4.84. The molecule has 1 fully saturated rings. The third-order valence-electron chi connectivity index (χ3n) is 4.84. The lowest BCUT2D eigenvalue weighted by Crippen LogP contribution is -2.33. The average molecular weight is 280 g/mol. The molecule has 3 heteroatoms. The van der Waals surface area contributed by atoms with Gasteiger partial charge < -0.3 is 5.32 Å². The minimum Gasteiger partial charge on any atom is -0.349 e. The molecular formula is C18H20N2O. The Labute approximate surface area is 124 Å². The second kappa shape index (κ2) is 5.14. The standard InChI is InChI=1S/C18H20N2O/c21-18(19-12-6-1-2-7-12)17-13-8-3-4-10-15(13)20-16-11-5-9-14(16)17/h3-4,8,10,12H,1-2,5-7,9,11H2,(H,19,21). The number of hydrogen-bond donors (Lipinski definition) is 1. The molecule has 4 rings (SSSR count). The zero-order chi connectivity index (χ0) is 14.2. The zero-order valence-electron chi connectivity index (χ0n) is 12.2. The van der Waals surface area contributed by atoms with Crippen molar-refractivity contribution < 1.29 is 4.79 Å². The predicted octanol–water partition coefficient (Wildman–Crippen LogP) is 3.40. The number of hydrogen-bond acceptors (Lipinski definition) is 2. The smallest absolute Gasteiger partial charge is 0.252 e. The molecule has 1 amide bonds. The van der Waals surface area contributed by atoms with E-state index in [1.54, 1.807) is 0 Å². The van der Waals surface area contributed by atoms with Crippen molar-refractivity contribution in [3.05, 3.63) is 41.1 Å². The summed E-state index contributed by atoms with van der Waals surface area (Å²) in [6.45, 7) is 0. The highest BCUT2D eigenvalue weighted by molar-refractivity contribution is 6.08. The molecule has 1 aromatic carbocycles. The Morgan fingerprint density at radius 2 is 1.90 bits per heavy atom. The minimum atomic E-state index is 0.110. The maximum atomic E-state index is 12.8. The predicted molar refractivity (Wildman–Crippen MR) is 83.5 cm³/mol. The number of nitrogens with zero attached hydrogens (tertiary/aromatic N) is 1. The van der Waals surface area contributed by atoms with Gasteiger partial charge in [0.2, 0.25) is 0 Å². The van der Waals surface area contributed by atoms with Crippen molar-refractivity contribution in [1.29, 1.82) is 0 Å². The van der Waals surface area contributed by atoms with E-state index >= 15 is 0 Å². The molecular weight excluding hydrogens is 260 g/mol. The van der Waals surface area contributed by atoms with Crippen molar-refractivity contribution >= 4 is 16.8 Å². The van der Waals surface area contributed by atoms with Gasteiger partial charge in [0.15, 0.2) is 0 Å². The summed E-state index contributed by atoms with van der Waals surface area (Å²) >= 11 is 0. The molecule has 0 radical (unpaired) electrons. The van der Waals surface area contributed by atoms with Gasteiger partial charge in [0.05, 0.1) is 11.1 Å². The zero-order valence-corrected chi connectivity index (χ0v) is 12.2. The van der Waals surface area contributed by atoms with Crippen LogP contribution in [-0.4, -0.2) is 16.9 Å². The van der Waals surface area contributed by atoms with Crippen LogP contribution in [-0.2, 0) is 12.8 Å². The number of amides is 1. The monoisotopic (exact) mass is 280 g/mol. The fourth-order valence-electron chi connectivity index (χ4n) is 3.80. The van der Waals surface area contributed by atoms with Gasteiger partial charge in [-0.15, -0.1) is 0 Å². The van der Waals surface area contributed by atoms with Gasteiger partial charge >= 0.3 is 0 Å². The first-order chi connectivity index (χ1) is 10.3. The molecule has 0 atom stereocenters. The van der Waals surface area contributed by atoms with Crippen LogP contribution in [0.5, 0.6) is 0 Å². The van der Waals surface area contributed by atoms with Crippen LogP contribution in [0, 0.1) is 0 Å². The SMILES string of the molecule is O=C(NC1CCCC1)c1c2c(nc3ccccc13)CCC2. The number of rotatable bonds is 2. The molecule has 1 heterocycles. The van der Waals surface area contributed by atoms with Crippen molar-refractivity contribution in [2.75, 3.05) is 0 Å². The van der Waals surface area contributed by atoms with Crippen LogP contribution < -0.4 is 5.32 Å². The average Bonchev–Trinajstić information content (AvgIpc) is 3.15. The molecule has 1 saturated carbocycles. The van der Waals surface area contributed by atoms with Crippen LogP contribution in [0.1, 0.15) is 53.7 Å². The molecule has 0 aliphatic heterocycles. The first-order valence-corrected chi connectivity index (χ1v) is 8.04. The van der Waals surface area contributed by atoms with Crippen molar-refractivity contribution in [2.45, 2.75) is 51.0 Å². The topological polar surface area (TPSA) is 42.0 Å². The summed E-state index contributed by atoms with van der Waals surface area (Å²) < 4.78 is 0. The largest absolute Gasteiger partial charge is 0.349 e. The lowest BCUT2D eigenvalue weighted by molar-refractivity contribution is 0.0938. The Kier molecular flexibility index (Phi) is 3.13. The number of carbonyl (C=O) groups excluding carboxylic acids is 1. The van der Waals surface area contributed by atoms with E-state index in [1.807, 2.05) is 24.3 Å². The van der Waals surface area contributed by atoms with Crippen LogP contribution in [0.4, 0.5) is 0 Å².